The van der Waals surface area contributed by atoms with Gasteiger partial charge in [0.2, 0.25) is 0 Å². The normalized spacial score (nSPS) is 16.3. The van der Waals surface area contributed by atoms with Crippen LogP contribution in [0.15, 0.2) is 23.1 Å². The van der Waals surface area contributed by atoms with Crippen LogP contribution in [0.2, 0.25) is 0 Å². The van der Waals surface area contributed by atoms with E-state index in [-0.39, 0.29) is 12.1 Å². The third-order valence-corrected chi connectivity index (χ3v) is 5.66. The highest BCUT2D eigenvalue weighted by Gasteiger charge is 2.36. The Morgan fingerprint density at radius 1 is 1.26 bits per heavy atom. The first-order chi connectivity index (χ1) is 10.6. The lowest BCUT2D eigenvalue weighted by molar-refractivity contribution is 0.169. The van der Waals surface area contributed by atoms with E-state index in [0.29, 0.717) is 28.1 Å². The fourth-order valence-electron chi connectivity index (χ4n) is 2.69. The van der Waals surface area contributed by atoms with Crippen LogP contribution in [0.3, 0.4) is 0 Å². The van der Waals surface area contributed by atoms with E-state index in [1.165, 1.54) is 6.26 Å². The lowest BCUT2D eigenvalue weighted by Gasteiger charge is -2.32. The summed E-state index contributed by atoms with van der Waals surface area (Å²) in [5.41, 5.74) is 1.27. The number of urea groups is 1. The number of hydrogen-bond acceptors (Lipinski definition) is 3. The first kappa shape index (κ1) is 17.8. The van der Waals surface area contributed by atoms with Gasteiger partial charge < -0.3 is 10.2 Å². The number of nitrogens with one attached hydrogen (secondary N) is 1. The van der Waals surface area contributed by atoms with Gasteiger partial charge in [0.15, 0.2) is 9.84 Å². The average Bonchev–Trinajstić information content (AvgIpc) is 3.21. The third-order valence-electron chi connectivity index (χ3n) is 4.40. The predicted molar refractivity (Wildman–Crippen MR) is 92.5 cm³/mol. The molecule has 1 N–H and O–H groups in total. The summed E-state index contributed by atoms with van der Waals surface area (Å²) in [6.45, 7) is 8.03. The van der Waals surface area contributed by atoms with Crippen molar-refractivity contribution >= 4 is 21.6 Å². The summed E-state index contributed by atoms with van der Waals surface area (Å²) in [6.07, 6.45) is 3.29. The molecule has 6 heteroatoms. The van der Waals surface area contributed by atoms with E-state index in [1.807, 2.05) is 4.90 Å². The Kier molecular flexibility index (Phi) is 5.04. The van der Waals surface area contributed by atoms with E-state index in [4.69, 9.17) is 0 Å². The zero-order chi connectivity index (χ0) is 17.4. The highest BCUT2D eigenvalue weighted by Crippen LogP contribution is 2.31. The van der Waals surface area contributed by atoms with Crippen molar-refractivity contribution in [3.8, 4) is 0 Å². The second-order valence-corrected chi connectivity index (χ2v) is 8.79. The molecule has 2 rings (SSSR count). The van der Waals surface area contributed by atoms with Gasteiger partial charge >= 0.3 is 6.03 Å². The van der Waals surface area contributed by atoms with Crippen LogP contribution in [0.1, 0.15) is 39.2 Å². The van der Waals surface area contributed by atoms with Crippen molar-refractivity contribution in [3.05, 3.63) is 23.8 Å². The molecule has 0 unspecified atom stereocenters. The molecule has 1 atom stereocenters. The van der Waals surface area contributed by atoms with E-state index < -0.39 is 9.84 Å². The number of nitrogens with zero attached hydrogens (tertiary/aromatic N) is 1. The summed E-state index contributed by atoms with van der Waals surface area (Å²) in [7, 11) is -3.25. The third kappa shape index (κ3) is 4.25. The van der Waals surface area contributed by atoms with E-state index in [9.17, 15) is 13.2 Å². The quantitative estimate of drug-likeness (QED) is 0.894. The van der Waals surface area contributed by atoms with Crippen molar-refractivity contribution in [3.63, 3.8) is 0 Å². The molecule has 0 aliphatic heterocycles. The van der Waals surface area contributed by atoms with Crippen LogP contribution in [-0.2, 0) is 9.84 Å². The second kappa shape index (κ2) is 6.51. The fraction of sp³-hybridized carbons (Fsp3) is 0.588. The Bertz CT molecular complexity index is 694. The van der Waals surface area contributed by atoms with Gasteiger partial charge in [0.05, 0.1) is 4.90 Å². The fourth-order valence-corrected chi connectivity index (χ4v) is 3.65. The van der Waals surface area contributed by atoms with Crippen LogP contribution in [0.5, 0.6) is 0 Å². The number of amides is 2. The highest BCUT2D eigenvalue weighted by atomic mass is 32.2. The molecule has 1 aliphatic carbocycles. The largest absolute Gasteiger partial charge is 0.322 e. The minimum Gasteiger partial charge on any atom is -0.319 e. The van der Waals surface area contributed by atoms with Crippen LogP contribution < -0.4 is 5.32 Å². The Labute approximate surface area is 139 Å². The van der Waals surface area contributed by atoms with Crippen molar-refractivity contribution < 1.29 is 13.2 Å². The van der Waals surface area contributed by atoms with Crippen molar-refractivity contribution in [2.45, 2.75) is 57.5 Å². The van der Waals surface area contributed by atoms with E-state index in [2.05, 4.69) is 26.1 Å². The molecule has 0 saturated heterocycles. The van der Waals surface area contributed by atoms with Gasteiger partial charge in [0.1, 0.15) is 0 Å². The zero-order valence-electron chi connectivity index (χ0n) is 14.5. The molecule has 128 valence electrons. The molecule has 1 aromatic rings. The Hall–Kier alpha value is -1.56. The topological polar surface area (TPSA) is 66.5 Å². The standard InChI is InChI=1S/C17H26N2O3S/c1-11(2)13(4)19(15-7-8-15)17(20)18-14-6-9-16(12(3)10-14)23(5,21)22/h6,9-11,13,15H,7-8H2,1-5H3,(H,18,20)/t13-/m1/s1. The summed E-state index contributed by atoms with van der Waals surface area (Å²) in [5.74, 6) is 0.385. The minimum absolute atomic E-state index is 0.111. The van der Waals surface area contributed by atoms with Gasteiger partial charge in [-0.05, 0) is 56.4 Å². The number of rotatable bonds is 5. The maximum atomic E-state index is 12.6. The van der Waals surface area contributed by atoms with Gasteiger partial charge in [-0.25, -0.2) is 13.2 Å². The lowest BCUT2D eigenvalue weighted by Crippen LogP contribution is -2.45. The first-order valence-corrected chi connectivity index (χ1v) is 9.90. The number of sulfone groups is 1. The lowest BCUT2D eigenvalue weighted by atomic mass is 10.0. The summed E-state index contributed by atoms with van der Waals surface area (Å²) in [6, 6.07) is 5.28. The van der Waals surface area contributed by atoms with Crippen LogP contribution >= 0.6 is 0 Å². The Morgan fingerprint density at radius 2 is 1.87 bits per heavy atom. The number of carbonyl (C=O) groups excluding carboxylic acids is 1. The number of hydrogen-bond donors (Lipinski definition) is 1. The van der Waals surface area contributed by atoms with Crippen molar-refractivity contribution in [1.29, 1.82) is 0 Å². The van der Waals surface area contributed by atoms with E-state index in [1.54, 1.807) is 25.1 Å². The molecular weight excluding hydrogens is 312 g/mol. The summed E-state index contributed by atoms with van der Waals surface area (Å²) >= 11 is 0. The first-order valence-electron chi connectivity index (χ1n) is 8.01. The molecule has 0 heterocycles. The molecule has 1 aliphatic rings. The maximum absolute atomic E-state index is 12.6. The number of aryl methyl sites for hydroxylation is 1. The summed E-state index contributed by atoms with van der Waals surface area (Å²) in [5, 5.41) is 2.91. The molecule has 0 radical (unpaired) electrons. The van der Waals surface area contributed by atoms with Gasteiger partial charge in [-0.3, -0.25) is 0 Å². The molecule has 1 saturated carbocycles. The summed E-state index contributed by atoms with van der Waals surface area (Å²) in [4.78, 5) is 14.8. The highest BCUT2D eigenvalue weighted by molar-refractivity contribution is 7.90. The Balaban J connectivity index is 2.17. The van der Waals surface area contributed by atoms with Gasteiger partial charge in [-0.2, -0.15) is 0 Å². The van der Waals surface area contributed by atoms with E-state index in [0.717, 1.165) is 12.8 Å². The van der Waals surface area contributed by atoms with Crippen LogP contribution in [-0.4, -0.2) is 37.7 Å². The van der Waals surface area contributed by atoms with Crippen LogP contribution in [0, 0.1) is 12.8 Å². The van der Waals surface area contributed by atoms with E-state index >= 15 is 0 Å². The molecule has 1 fully saturated rings. The number of anilines is 1. The van der Waals surface area contributed by atoms with Gasteiger partial charge in [0, 0.05) is 24.0 Å². The second-order valence-electron chi connectivity index (χ2n) is 6.81. The van der Waals surface area contributed by atoms with Gasteiger partial charge in [-0.15, -0.1) is 0 Å². The SMILES string of the molecule is Cc1cc(NC(=O)N(C2CC2)[C@H](C)C(C)C)ccc1S(C)(=O)=O. The monoisotopic (exact) mass is 338 g/mol. The zero-order valence-corrected chi connectivity index (χ0v) is 15.3. The van der Waals surface area contributed by atoms with Gasteiger partial charge in [-0.1, -0.05) is 13.8 Å². The Morgan fingerprint density at radius 3 is 2.30 bits per heavy atom. The molecule has 0 spiro atoms. The molecule has 1 aromatic carbocycles. The number of benzene rings is 1. The molecule has 2 amide bonds. The predicted octanol–water partition coefficient (Wildman–Crippen LogP) is 3.44. The maximum Gasteiger partial charge on any atom is 0.322 e. The molecule has 0 aromatic heterocycles. The molecule has 5 nitrogen and oxygen atoms in total. The smallest absolute Gasteiger partial charge is 0.319 e. The summed E-state index contributed by atoms with van der Waals surface area (Å²) < 4.78 is 23.3. The van der Waals surface area contributed by atoms with Crippen molar-refractivity contribution in [2.24, 2.45) is 5.92 Å². The minimum atomic E-state index is -3.25. The van der Waals surface area contributed by atoms with Crippen LogP contribution in [0.25, 0.3) is 0 Å². The van der Waals surface area contributed by atoms with Gasteiger partial charge in [0.25, 0.3) is 0 Å². The molecule has 0 bridgehead atoms. The molecular formula is C17H26N2O3S. The van der Waals surface area contributed by atoms with Crippen molar-refractivity contribution in [1.82, 2.24) is 4.90 Å². The molecule has 23 heavy (non-hydrogen) atoms. The van der Waals surface area contributed by atoms with Crippen LogP contribution in [0.4, 0.5) is 10.5 Å². The average molecular weight is 338 g/mol. The van der Waals surface area contributed by atoms with Crippen molar-refractivity contribution in [2.75, 3.05) is 11.6 Å². The number of carbonyl (C=O) groups is 1.